The highest BCUT2D eigenvalue weighted by Gasteiger charge is 2.26. The molecule has 1 heterocycles. The van der Waals surface area contributed by atoms with Crippen LogP contribution in [0, 0.1) is 0 Å². The Bertz CT molecular complexity index is 469. The number of nitrogens with one attached hydrogen (secondary N) is 1. The Morgan fingerprint density at radius 3 is 2.19 bits per heavy atom. The van der Waals surface area contributed by atoms with Gasteiger partial charge in [-0.05, 0) is 37.8 Å². The topological polar surface area (TPSA) is 41.6 Å². The lowest BCUT2D eigenvalue weighted by molar-refractivity contribution is -0.0530. The number of morpholine rings is 1. The van der Waals surface area contributed by atoms with Crippen molar-refractivity contribution >= 4 is 11.7 Å². The molecular weight excluding hydrogens is 264 g/mol. The Morgan fingerprint density at radius 2 is 1.71 bits per heavy atom. The van der Waals surface area contributed by atoms with Crippen molar-refractivity contribution in [3.63, 3.8) is 0 Å². The first-order chi connectivity index (χ1) is 10.0. The molecule has 0 radical (unpaired) electrons. The van der Waals surface area contributed by atoms with E-state index >= 15 is 0 Å². The monoisotopic (exact) mass is 290 g/mol. The molecule has 1 aromatic rings. The summed E-state index contributed by atoms with van der Waals surface area (Å²) in [6.07, 6.45) is 2.01. The van der Waals surface area contributed by atoms with E-state index in [2.05, 4.69) is 37.4 Å². The molecule has 4 heteroatoms. The first-order valence-electron chi connectivity index (χ1n) is 7.87. The number of hydrogen-bond acceptors (Lipinski definition) is 2. The van der Waals surface area contributed by atoms with E-state index in [-0.39, 0.29) is 18.2 Å². The molecule has 0 saturated carbocycles. The van der Waals surface area contributed by atoms with Gasteiger partial charge in [0, 0.05) is 18.8 Å². The normalized spacial score (nSPS) is 22.2. The summed E-state index contributed by atoms with van der Waals surface area (Å²) >= 11 is 0. The molecule has 0 aliphatic carbocycles. The molecule has 1 aliphatic rings. The van der Waals surface area contributed by atoms with Crippen LogP contribution in [0.2, 0.25) is 0 Å². The van der Waals surface area contributed by atoms with E-state index in [0.717, 1.165) is 18.5 Å². The Hall–Kier alpha value is -1.55. The van der Waals surface area contributed by atoms with Crippen molar-refractivity contribution in [3.8, 4) is 0 Å². The third kappa shape index (κ3) is 3.76. The number of nitrogens with zero attached hydrogens (tertiary/aromatic N) is 1. The predicted molar refractivity (Wildman–Crippen MR) is 85.8 cm³/mol. The van der Waals surface area contributed by atoms with Crippen LogP contribution < -0.4 is 5.32 Å². The van der Waals surface area contributed by atoms with Crippen LogP contribution in [-0.4, -0.2) is 36.2 Å². The summed E-state index contributed by atoms with van der Waals surface area (Å²) in [4.78, 5) is 14.4. The van der Waals surface area contributed by atoms with Gasteiger partial charge in [0.05, 0.1) is 12.2 Å². The highest BCUT2D eigenvalue weighted by Crippen LogP contribution is 2.23. The Balaban J connectivity index is 2.15. The van der Waals surface area contributed by atoms with Gasteiger partial charge < -0.3 is 15.0 Å². The Kier molecular flexibility index (Phi) is 5.23. The summed E-state index contributed by atoms with van der Waals surface area (Å²) in [6, 6.07) is 6.21. The second-order valence-electron chi connectivity index (χ2n) is 5.75. The second-order valence-corrected chi connectivity index (χ2v) is 5.75. The molecule has 0 bridgehead atoms. The van der Waals surface area contributed by atoms with Crippen LogP contribution >= 0.6 is 0 Å². The van der Waals surface area contributed by atoms with Gasteiger partial charge in [0.1, 0.15) is 0 Å². The van der Waals surface area contributed by atoms with Crippen molar-refractivity contribution < 1.29 is 9.53 Å². The third-order valence-electron chi connectivity index (χ3n) is 3.94. The summed E-state index contributed by atoms with van der Waals surface area (Å²) in [5, 5.41) is 3.12. The summed E-state index contributed by atoms with van der Waals surface area (Å²) in [5.74, 6) is 0. The first kappa shape index (κ1) is 15.8. The summed E-state index contributed by atoms with van der Waals surface area (Å²) in [7, 11) is 0. The van der Waals surface area contributed by atoms with Gasteiger partial charge in [0.25, 0.3) is 0 Å². The number of carbonyl (C=O) groups excluding carboxylic acids is 1. The van der Waals surface area contributed by atoms with Crippen LogP contribution in [0.3, 0.4) is 0 Å². The van der Waals surface area contributed by atoms with Crippen molar-refractivity contribution in [1.29, 1.82) is 0 Å². The van der Waals surface area contributed by atoms with E-state index in [1.165, 1.54) is 11.1 Å². The summed E-state index contributed by atoms with van der Waals surface area (Å²) < 4.78 is 5.68. The number of ether oxygens (including phenoxy) is 1. The Morgan fingerprint density at radius 1 is 1.19 bits per heavy atom. The van der Waals surface area contributed by atoms with Gasteiger partial charge >= 0.3 is 6.03 Å². The zero-order chi connectivity index (χ0) is 15.4. The number of rotatable bonds is 3. The lowest BCUT2D eigenvalue weighted by atomic mass is 10.0. The van der Waals surface area contributed by atoms with Gasteiger partial charge in [-0.1, -0.05) is 32.0 Å². The first-order valence-corrected chi connectivity index (χ1v) is 7.87. The molecule has 2 amide bonds. The number of para-hydroxylation sites is 1. The molecule has 1 aliphatic heterocycles. The summed E-state index contributed by atoms with van der Waals surface area (Å²) in [6.45, 7) is 9.53. The van der Waals surface area contributed by atoms with Gasteiger partial charge in [0.15, 0.2) is 0 Å². The maximum atomic E-state index is 12.6. The molecule has 2 rings (SSSR count). The molecule has 2 unspecified atom stereocenters. The maximum absolute atomic E-state index is 12.6. The minimum absolute atomic E-state index is 0.0207. The van der Waals surface area contributed by atoms with Crippen molar-refractivity contribution in [1.82, 2.24) is 4.90 Å². The van der Waals surface area contributed by atoms with Gasteiger partial charge in [0.2, 0.25) is 0 Å². The zero-order valence-electron chi connectivity index (χ0n) is 13.5. The zero-order valence-corrected chi connectivity index (χ0v) is 13.5. The third-order valence-corrected chi connectivity index (χ3v) is 3.94. The Labute approximate surface area is 127 Å². The SMILES string of the molecule is CCc1cccc(CC)c1NC(=O)N1CC(C)OC(C)C1. The van der Waals surface area contributed by atoms with E-state index in [9.17, 15) is 4.79 Å². The van der Waals surface area contributed by atoms with E-state index in [1.54, 1.807) is 0 Å². The van der Waals surface area contributed by atoms with E-state index < -0.39 is 0 Å². The molecule has 21 heavy (non-hydrogen) atoms. The molecule has 1 aromatic carbocycles. The van der Waals surface area contributed by atoms with Crippen LogP contribution in [0.15, 0.2) is 18.2 Å². The van der Waals surface area contributed by atoms with Crippen molar-refractivity contribution in [3.05, 3.63) is 29.3 Å². The molecule has 4 nitrogen and oxygen atoms in total. The van der Waals surface area contributed by atoms with Gasteiger partial charge in [-0.3, -0.25) is 0 Å². The largest absolute Gasteiger partial charge is 0.372 e. The lowest BCUT2D eigenvalue weighted by Crippen LogP contribution is -2.49. The quantitative estimate of drug-likeness (QED) is 0.926. The molecule has 1 N–H and O–H groups in total. The molecular formula is C17H26N2O2. The number of aryl methyl sites for hydroxylation is 2. The van der Waals surface area contributed by atoms with Gasteiger partial charge in [-0.2, -0.15) is 0 Å². The molecule has 0 aromatic heterocycles. The van der Waals surface area contributed by atoms with Gasteiger partial charge in [-0.15, -0.1) is 0 Å². The second kappa shape index (κ2) is 6.94. The van der Waals surface area contributed by atoms with Crippen molar-refractivity contribution in [2.24, 2.45) is 0 Å². The highest BCUT2D eigenvalue weighted by molar-refractivity contribution is 5.91. The maximum Gasteiger partial charge on any atom is 0.322 e. The standard InChI is InChI=1S/C17H26N2O2/c1-5-14-8-7-9-15(6-2)16(14)18-17(20)19-10-12(3)21-13(4)11-19/h7-9,12-13H,5-6,10-11H2,1-4H3,(H,18,20). The number of hydrogen-bond donors (Lipinski definition) is 1. The van der Waals surface area contributed by atoms with E-state index in [0.29, 0.717) is 13.1 Å². The van der Waals surface area contributed by atoms with Crippen LogP contribution in [0.1, 0.15) is 38.8 Å². The fourth-order valence-corrected chi connectivity index (χ4v) is 2.93. The number of anilines is 1. The number of carbonyl (C=O) groups is 1. The average Bonchev–Trinajstić information content (AvgIpc) is 2.46. The predicted octanol–water partition coefficient (Wildman–Crippen LogP) is 3.45. The van der Waals surface area contributed by atoms with Crippen LogP contribution in [0.5, 0.6) is 0 Å². The van der Waals surface area contributed by atoms with Crippen LogP contribution in [0.25, 0.3) is 0 Å². The minimum Gasteiger partial charge on any atom is -0.372 e. The van der Waals surface area contributed by atoms with Gasteiger partial charge in [-0.25, -0.2) is 4.79 Å². The van der Waals surface area contributed by atoms with E-state index in [1.807, 2.05) is 18.7 Å². The lowest BCUT2D eigenvalue weighted by Gasteiger charge is -2.35. The molecule has 2 atom stereocenters. The number of amides is 2. The molecule has 1 saturated heterocycles. The molecule has 116 valence electrons. The fraction of sp³-hybridized carbons (Fsp3) is 0.588. The summed E-state index contributed by atoms with van der Waals surface area (Å²) in [5.41, 5.74) is 3.37. The number of benzene rings is 1. The van der Waals surface area contributed by atoms with Crippen LogP contribution in [-0.2, 0) is 17.6 Å². The molecule has 0 spiro atoms. The van der Waals surface area contributed by atoms with Crippen molar-refractivity contribution in [2.45, 2.75) is 52.7 Å². The van der Waals surface area contributed by atoms with Crippen molar-refractivity contribution in [2.75, 3.05) is 18.4 Å². The molecule has 1 fully saturated rings. The minimum atomic E-state index is -0.0207. The fourth-order valence-electron chi connectivity index (χ4n) is 2.93. The highest BCUT2D eigenvalue weighted by atomic mass is 16.5. The number of urea groups is 1. The average molecular weight is 290 g/mol. The van der Waals surface area contributed by atoms with Crippen LogP contribution in [0.4, 0.5) is 10.5 Å². The smallest absolute Gasteiger partial charge is 0.322 e. The van der Waals surface area contributed by atoms with E-state index in [4.69, 9.17) is 4.74 Å².